The molecule has 0 saturated carbocycles. The highest BCUT2D eigenvalue weighted by molar-refractivity contribution is 6.17. The van der Waals surface area contributed by atoms with E-state index in [9.17, 15) is 4.79 Å². The molecule has 1 fully saturated rings. The van der Waals surface area contributed by atoms with E-state index in [4.69, 9.17) is 17.3 Å². The summed E-state index contributed by atoms with van der Waals surface area (Å²) in [6, 6.07) is 7.45. The molecule has 0 aliphatic carbocycles. The lowest BCUT2D eigenvalue weighted by atomic mass is 10.1. The number of benzene rings is 1. The third-order valence-corrected chi connectivity index (χ3v) is 3.86. The third-order valence-electron chi connectivity index (χ3n) is 3.55. The first kappa shape index (κ1) is 17.2. The number of amides is 1. The van der Waals surface area contributed by atoms with Crippen molar-refractivity contribution < 1.29 is 4.79 Å². The van der Waals surface area contributed by atoms with Crippen molar-refractivity contribution in [1.29, 1.82) is 0 Å². The highest BCUT2D eigenvalue weighted by atomic mass is 35.5. The molecule has 1 aromatic rings. The monoisotopic (exact) mass is 317 g/mol. The maximum atomic E-state index is 12.5. The largest absolute Gasteiger partial charge is 0.325 e. The van der Waals surface area contributed by atoms with E-state index in [0.717, 1.165) is 12.0 Å². The first-order valence-corrected chi connectivity index (χ1v) is 6.96. The van der Waals surface area contributed by atoms with E-state index in [2.05, 4.69) is 0 Å². The van der Waals surface area contributed by atoms with Crippen molar-refractivity contribution >= 4 is 29.9 Å². The summed E-state index contributed by atoms with van der Waals surface area (Å²) in [6.07, 6.45) is 0.814. The van der Waals surface area contributed by atoms with Gasteiger partial charge in [-0.05, 0) is 38.2 Å². The van der Waals surface area contributed by atoms with Crippen molar-refractivity contribution in [2.24, 2.45) is 5.73 Å². The molecule has 0 radical (unpaired) electrons. The molecule has 0 aromatic heterocycles. The van der Waals surface area contributed by atoms with E-state index in [-0.39, 0.29) is 30.5 Å². The van der Waals surface area contributed by atoms with E-state index >= 15 is 0 Å². The number of rotatable bonds is 3. The van der Waals surface area contributed by atoms with Crippen molar-refractivity contribution in [3.05, 3.63) is 35.4 Å². The van der Waals surface area contributed by atoms with Gasteiger partial charge in [-0.3, -0.25) is 9.69 Å². The number of carbonyl (C=O) groups excluding carboxylic acids is 1. The Morgan fingerprint density at radius 3 is 2.50 bits per heavy atom. The number of hydrogen-bond acceptors (Lipinski definition) is 3. The summed E-state index contributed by atoms with van der Waals surface area (Å²) in [5.41, 5.74) is 7.78. The first-order valence-electron chi connectivity index (χ1n) is 6.42. The molecule has 1 aliphatic heterocycles. The van der Waals surface area contributed by atoms with Crippen LogP contribution in [0.3, 0.4) is 0 Å². The molecule has 1 aromatic carbocycles. The molecule has 112 valence electrons. The lowest BCUT2D eigenvalue weighted by Crippen LogP contribution is -2.51. The predicted octanol–water partition coefficient (Wildman–Crippen LogP) is 1.91. The molecule has 1 saturated heterocycles. The molecule has 0 spiro atoms. The Morgan fingerprint density at radius 1 is 1.40 bits per heavy atom. The van der Waals surface area contributed by atoms with Crippen LogP contribution >= 0.6 is 24.0 Å². The lowest BCUT2D eigenvalue weighted by molar-refractivity contribution is 0.0561. The number of likely N-dealkylation sites (tertiary alicyclic amines) is 1. The minimum Gasteiger partial charge on any atom is -0.325 e. The summed E-state index contributed by atoms with van der Waals surface area (Å²) in [7, 11) is 3.90. The van der Waals surface area contributed by atoms with E-state index in [1.807, 2.05) is 48.2 Å². The molecule has 2 N–H and O–H groups in total. The van der Waals surface area contributed by atoms with Gasteiger partial charge in [0.15, 0.2) is 0 Å². The van der Waals surface area contributed by atoms with Gasteiger partial charge in [-0.25, -0.2) is 0 Å². The van der Waals surface area contributed by atoms with Gasteiger partial charge in [0.2, 0.25) is 0 Å². The predicted molar refractivity (Wildman–Crippen MR) is 84.4 cm³/mol. The SMILES string of the molecule is CN(C)C1C(N)CCN1C(=O)c1ccc(CCl)cc1.Cl. The van der Waals surface area contributed by atoms with Crippen LogP contribution in [-0.2, 0) is 5.88 Å². The molecule has 2 atom stereocenters. The van der Waals surface area contributed by atoms with Crippen LogP contribution in [0.15, 0.2) is 24.3 Å². The molecular formula is C14H21Cl2N3O. The summed E-state index contributed by atoms with van der Waals surface area (Å²) in [5, 5.41) is 0. The quantitative estimate of drug-likeness (QED) is 0.866. The Labute approximate surface area is 131 Å². The summed E-state index contributed by atoms with van der Waals surface area (Å²) in [5.74, 6) is 0.497. The lowest BCUT2D eigenvalue weighted by Gasteiger charge is -2.32. The van der Waals surface area contributed by atoms with Crippen molar-refractivity contribution in [2.75, 3.05) is 20.6 Å². The molecule has 1 heterocycles. The highest BCUT2D eigenvalue weighted by Crippen LogP contribution is 2.21. The summed E-state index contributed by atoms with van der Waals surface area (Å²) in [4.78, 5) is 16.4. The molecule has 2 rings (SSSR count). The normalized spacial score (nSPS) is 21.9. The molecule has 6 heteroatoms. The maximum absolute atomic E-state index is 12.5. The van der Waals surface area contributed by atoms with Crippen LogP contribution in [0.25, 0.3) is 0 Å². The molecule has 1 amide bonds. The number of alkyl halides is 1. The minimum absolute atomic E-state index is 0. The second kappa shape index (κ2) is 7.27. The van der Waals surface area contributed by atoms with Gasteiger partial charge < -0.3 is 10.6 Å². The van der Waals surface area contributed by atoms with E-state index < -0.39 is 0 Å². The summed E-state index contributed by atoms with van der Waals surface area (Å²) in [6.45, 7) is 0.708. The number of nitrogens with zero attached hydrogens (tertiary/aromatic N) is 2. The van der Waals surface area contributed by atoms with Crippen LogP contribution in [0, 0.1) is 0 Å². The molecule has 2 unspecified atom stereocenters. The zero-order chi connectivity index (χ0) is 14.0. The van der Waals surface area contributed by atoms with Crippen molar-refractivity contribution in [2.45, 2.75) is 24.5 Å². The molecule has 20 heavy (non-hydrogen) atoms. The summed E-state index contributed by atoms with van der Waals surface area (Å²) < 4.78 is 0. The van der Waals surface area contributed by atoms with Crippen molar-refractivity contribution in [3.8, 4) is 0 Å². The van der Waals surface area contributed by atoms with Crippen LogP contribution in [0.2, 0.25) is 0 Å². The topological polar surface area (TPSA) is 49.6 Å². The first-order chi connectivity index (χ1) is 9.04. The fraction of sp³-hybridized carbons (Fsp3) is 0.500. The Hall–Kier alpha value is -0.810. The zero-order valence-corrected chi connectivity index (χ0v) is 13.3. The Bertz CT molecular complexity index is 450. The number of likely N-dealkylation sites (N-methyl/N-ethyl adjacent to an activating group) is 1. The van der Waals surface area contributed by atoms with Crippen LogP contribution in [0.1, 0.15) is 22.3 Å². The fourth-order valence-corrected chi connectivity index (χ4v) is 2.76. The zero-order valence-electron chi connectivity index (χ0n) is 11.8. The number of nitrogens with two attached hydrogens (primary N) is 1. The van der Waals surface area contributed by atoms with Gasteiger partial charge in [-0.15, -0.1) is 24.0 Å². The van der Waals surface area contributed by atoms with E-state index in [1.54, 1.807) is 0 Å². The minimum atomic E-state index is -0.0276. The number of halogens is 2. The van der Waals surface area contributed by atoms with Gasteiger partial charge in [0.25, 0.3) is 5.91 Å². The molecular weight excluding hydrogens is 297 g/mol. The molecule has 1 aliphatic rings. The number of hydrogen-bond donors (Lipinski definition) is 1. The van der Waals surface area contributed by atoms with Gasteiger partial charge in [-0.2, -0.15) is 0 Å². The average Bonchev–Trinajstić information content (AvgIpc) is 2.80. The van der Waals surface area contributed by atoms with Crippen LogP contribution < -0.4 is 5.73 Å². The van der Waals surface area contributed by atoms with Crippen LogP contribution in [0.5, 0.6) is 0 Å². The number of carbonyl (C=O) groups is 1. The van der Waals surface area contributed by atoms with Gasteiger partial charge in [-0.1, -0.05) is 12.1 Å². The second-order valence-electron chi connectivity index (χ2n) is 5.16. The van der Waals surface area contributed by atoms with E-state index in [1.165, 1.54) is 0 Å². The van der Waals surface area contributed by atoms with Crippen LogP contribution in [-0.4, -0.2) is 48.6 Å². The van der Waals surface area contributed by atoms with Gasteiger partial charge in [0.1, 0.15) is 0 Å². The third kappa shape index (κ3) is 3.44. The maximum Gasteiger partial charge on any atom is 0.255 e. The smallest absolute Gasteiger partial charge is 0.255 e. The average molecular weight is 318 g/mol. The van der Waals surface area contributed by atoms with Crippen molar-refractivity contribution in [3.63, 3.8) is 0 Å². The standard InChI is InChI=1S/C14H20ClN3O.ClH/c1-17(2)13-12(16)7-8-18(13)14(19)11-5-3-10(9-15)4-6-11;/h3-6,12-13H,7-9,16H2,1-2H3;1H. The Kier molecular flexibility index (Phi) is 6.27. The Balaban J connectivity index is 0.00000200. The second-order valence-corrected chi connectivity index (χ2v) is 5.43. The highest BCUT2D eigenvalue weighted by Gasteiger charge is 2.36. The fourth-order valence-electron chi connectivity index (χ4n) is 2.59. The van der Waals surface area contributed by atoms with Gasteiger partial charge in [0, 0.05) is 24.0 Å². The summed E-state index contributed by atoms with van der Waals surface area (Å²) >= 11 is 5.75. The Morgan fingerprint density at radius 2 is 2.00 bits per heavy atom. The molecule has 0 bridgehead atoms. The van der Waals surface area contributed by atoms with Gasteiger partial charge in [0.05, 0.1) is 6.17 Å². The van der Waals surface area contributed by atoms with Crippen LogP contribution in [0.4, 0.5) is 0 Å². The van der Waals surface area contributed by atoms with Gasteiger partial charge >= 0.3 is 0 Å². The van der Waals surface area contributed by atoms with Crippen molar-refractivity contribution in [1.82, 2.24) is 9.80 Å². The van der Waals surface area contributed by atoms with E-state index in [0.29, 0.717) is 18.0 Å². The molecule has 4 nitrogen and oxygen atoms in total.